The van der Waals surface area contributed by atoms with Crippen LogP contribution in [0.3, 0.4) is 0 Å². The first-order chi connectivity index (χ1) is 10.8. The smallest absolute Gasteiger partial charge is 0.0641 e. The summed E-state index contributed by atoms with van der Waals surface area (Å²) in [6.07, 6.45) is 7.87. The average Bonchev–Trinajstić information content (AvgIpc) is 3.04. The van der Waals surface area contributed by atoms with E-state index in [1.807, 2.05) is 12.4 Å². The third kappa shape index (κ3) is 3.39. The van der Waals surface area contributed by atoms with Crippen LogP contribution in [0.5, 0.6) is 0 Å². The van der Waals surface area contributed by atoms with E-state index < -0.39 is 0 Å². The minimum absolute atomic E-state index is 0.118. The molecule has 0 radical (unpaired) electrons. The molecule has 1 fully saturated rings. The van der Waals surface area contributed by atoms with Crippen LogP contribution in [0.4, 0.5) is 0 Å². The van der Waals surface area contributed by atoms with Crippen LogP contribution in [0.1, 0.15) is 37.8 Å². The van der Waals surface area contributed by atoms with E-state index in [9.17, 15) is 0 Å². The SMILES string of the molecule is CC(c1ccc(-c2cnn(CCO)c2)cc1)N1CCCCC1. The highest BCUT2D eigenvalue weighted by Gasteiger charge is 2.17. The summed E-state index contributed by atoms with van der Waals surface area (Å²) in [5.41, 5.74) is 3.66. The normalized spacial score (nSPS) is 17.5. The second-order valence-electron chi connectivity index (χ2n) is 6.11. The average molecular weight is 299 g/mol. The summed E-state index contributed by atoms with van der Waals surface area (Å²) < 4.78 is 1.78. The highest BCUT2D eigenvalue weighted by Crippen LogP contribution is 2.26. The Labute approximate surface area is 132 Å². The van der Waals surface area contributed by atoms with E-state index in [2.05, 4.69) is 41.2 Å². The van der Waals surface area contributed by atoms with E-state index in [4.69, 9.17) is 5.11 Å². The molecule has 2 aromatic rings. The molecule has 4 nitrogen and oxygen atoms in total. The second kappa shape index (κ2) is 7.07. The number of hydrogen-bond donors (Lipinski definition) is 1. The molecule has 22 heavy (non-hydrogen) atoms. The second-order valence-corrected chi connectivity index (χ2v) is 6.11. The van der Waals surface area contributed by atoms with Gasteiger partial charge in [0.25, 0.3) is 0 Å². The minimum Gasteiger partial charge on any atom is -0.394 e. The molecule has 1 atom stereocenters. The lowest BCUT2D eigenvalue weighted by atomic mass is 10.0. The molecule has 0 bridgehead atoms. The van der Waals surface area contributed by atoms with Crippen LogP contribution in [0.15, 0.2) is 36.7 Å². The quantitative estimate of drug-likeness (QED) is 0.922. The number of likely N-dealkylation sites (tertiary alicyclic amines) is 1. The van der Waals surface area contributed by atoms with Gasteiger partial charge >= 0.3 is 0 Å². The molecule has 1 aliphatic rings. The van der Waals surface area contributed by atoms with Crippen LogP contribution in [0, 0.1) is 0 Å². The zero-order valence-electron chi connectivity index (χ0n) is 13.3. The molecule has 1 saturated heterocycles. The molecule has 1 aliphatic heterocycles. The van der Waals surface area contributed by atoms with Crippen molar-refractivity contribution < 1.29 is 5.11 Å². The van der Waals surface area contributed by atoms with E-state index in [0.29, 0.717) is 12.6 Å². The van der Waals surface area contributed by atoms with Crippen LogP contribution in [0.25, 0.3) is 11.1 Å². The summed E-state index contributed by atoms with van der Waals surface area (Å²) in [6, 6.07) is 9.31. The Morgan fingerprint density at radius 1 is 1.09 bits per heavy atom. The maximum absolute atomic E-state index is 8.96. The fraction of sp³-hybridized carbons (Fsp3) is 0.500. The molecule has 1 aromatic carbocycles. The number of aromatic nitrogens is 2. The molecule has 118 valence electrons. The third-order valence-electron chi connectivity index (χ3n) is 4.63. The van der Waals surface area contributed by atoms with Gasteiger partial charge < -0.3 is 5.11 Å². The number of rotatable bonds is 5. The predicted molar refractivity (Wildman–Crippen MR) is 88.6 cm³/mol. The number of nitrogens with zero attached hydrogens (tertiary/aromatic N) is 3. The predicted octanol–water partition coefficient (Wildman–Crippen LogP) is 3.09. The summed E-state index contributed by atoms with van der Waals surface area (Å²) in [4.78, 5) is 2.58. The number of benzene rings is 1. The van der Waals surface area contributed by atoms with E-state index in [1.165, 1.54) is 43.5 Å². The lowest BCUT2D eigenvalue weighted by Gasteiger charge is -2.32. The van der Waals surface area contributed by atoms with Crippen molar-refractivity contribution in [1.82, 2.24) is 14.7 Å². The molecule has 1 unspecified atom stereocenters. The molecule has 2 heterocycles. The number of hydrogen-bond acceptors (Lipinski definition) is 3. The molecule has 3 rings (SSSR count). The molecule has 0 saturated carbocycles. The summed E-state index contributed by atoms with van der Waals surface area (Å²) in [5, 5.41) is 13.2. The lowest BCUT2D eigenvalue weighted by Crippen LogP contribution is -2.32. The Morgan fingerprint density at radius 2 is 1.82 bits per heavy atom. The van der Waals surface area contributed by atoms with Gasteiger partial charge in [-0.2, -0.15) is 5.10 Å². The van der Waals surface area contributed by atoms with Gasteiger partial charge in [0.05, 0.1) is 19.3 Å². The summed E-state index contributed by atoms with van der Waals surface area (Å²) in [7, 11) is 0. The van der Waals surface area contributed by atoms with E-state index in [1.54, 1.807) is 4.68 Å². The standard InChI is InChI=1S/C18H25N3O/c1-15(20-9-3-2-4-10-20)16-5-7-17(8-6-16)18-13-19-21(14-18)11-12-22/h5-8,13-15,22H,2-4,9-12H2,1H3. The van der Waals surface area contributed by atoms with Crippen LogP contribution < -0.4 is 0 Å². The lowest BCUT2D eigenvalue weighted by molar-refractivity contribution is 0.175. The molecule has 0 aliphatic carbocycles. The first kappa shape index (κ1) is 15.3. The number of piperidine rings is 1. The maximum Gasteiger partial charge on any atom is 0.0641 e. The van der Waals surface area contributed by atoms with Gasteiger partial charge in [-0.15, -0.1) is 0 Å². The summed E-state index contributed by atoms with van der Waals surface area (Å²) in [5.74, 6) is 0. The Balaban J connectivity index is 1.71. The molecule has 4 heteroatoms. The van der Waals surface area contributed by atoms with Crippen LogP contribution in [-0.4, -0.2) is 39.5 Å². The van der Waals surface area contributed by atoms with Gasteiger partial charge in [0.2, 0.25) is 0 Å². The third-order valence-corrected chi connectivity index (χ3v) is 4.63. The molecule has 0 spiro atoms. The Hall–Kier alpha value is -1.65. The fourth-order valence-electron chi connectivity index (χ4n) is 3.21. The van der Waals surface area contributed by atoms with Gasteiger partial charge in [-0.1, -0.05) is 30.7 Å². The van der Waals surface area contributed by atoms with Gasteiger partial charge in [-0.25, -0.2) is 0 Å². The number of aliphatic hydroxyl groups is 1. The van der Waals surface area contributed by atoms with Crippen molar-refractivity contribution in [2.24, 2.45) is 0 Å². The van der Waals surface area contributed by atoms with Crippen LogP contribution in [-0.2, 0) is 6.54 Å². The monoisotopic (exact) mass is 299 g/mol. The van der Waals surface area contributed by atoms with Crippen molar-refractivity contribution in [1.29, 1.82) is 0 Å². The van der Waals surface area contributed by atoms with Crippen molar-refractivity contribution in [3.63, 3.8) is 0 Å². The zero-order valence-corrected chi connectivity index (χ0v) is 13.3. The maximum atomic E-state index is 8.96. The summed E-state index contributed by atoms with van der Waals surface area (Å²) in [6.45, 7) is 5.41. The highest BCUT2D eigenvalue weighted by atomic mass is 16.3. The van der Waals surface area contributed by atoms with Gasteiger partial charge in [0, 0.05) is 17.8 Å². The van der Waals surface area contributed by atoms with Crippen molar-refractivity contribution >= 4 is 0 Å². The van der Waals surface area contributed by atoms with Gasteiger partial charge in [-0.05, 0) is 44.0 Å². The number of aliphatic hydroxyl groups excluding tert-OH is 1. The summed E-state index contributed by atoms with van der Waals surface area (Å²) >= 11 is 0. The first-order valence-corrected chi connectivity index (χ1v) is 8.25. The van der Waals surface area contributed by atoms with Gasteiger partial charge in [0.15, 0.2) is 0 Å². The zero-order chi connectivity index (χ0) is 15.4. The van der Waals surface area contributed by atoms with Crippen molar-refractivity contribution in [3.8, 4) is 11.1 Å². The molecular formula is C18H25N3O. The molecule has 1 N–H and O–H groups in total. The Morgan fingerprint density at radius 3 is 2.50 bits per heavy atom. The largest absolute Gasteiger partial charge is 0.394 e. The van der Waals surface area contributed by atoms with Crippen molar-refractivity contribution in [2.75, 3.05) is 19.7 Å². The van der Waals surface area contributed by atoms with E-state index >= 15 is 0 Å². The van der Waals surface area contributed by atoms with Crippen molar-refractivity contribution in [2.45, 2.75) is 38.8 Å². The minimum atomic E-state index is 0.118. The van der Waals surface area contributed by atoms with Crippen LogP contribution >= 0.6 is 0 Å². The van der Waals surface area contributed by atoms with Crippen LogP contribution in [0.2, 0.25) is 0 Å². The first-order valence-electron chi connectivity index (χ1n) is 8.25. The Bertz CT molecular complexity index is 585. The Kier molecular flexibility index (Phi) is 4.90. The highest BCUT2D eigenvalue weighted by molar-refractivity contribution is 5.62. The van der Waals surface area contributed by atoms with Gasteiger partial charge in [-0.3, -0.25) is 9.58 Å². The van der Waals surface area contributed by atoms with E-state index in [0.717, 1.165) is 5.56 Å². The molecular weight excluding hydrogens is 274 g/mol. The molecule has 0 amide bonds. The molecule has 1 aromatic heterocycles. The topological polar surface area (TPSA) is 41.3 Å². The van der Waals surface area contributed by atoms with Crippen molar-refractivity contribution in [3.05, 3.63) is 42.2 Å². The van der Waals surface area contributed by atoms with E-state index in [-0.39, 0.29) is 6.61 Å². The fourth-order valence-corrected chi connectivity index (χ4v) is 3.21. The van der Waals surface area contributed by atoms with Gasteiger partial charge in [0.1, 0.15) is 0 Å².